The fraction of sp³-hybridized carbons (Fsp3) is 0.667. The van der Waals surface area contributed by atoms with Crippen molar-refractivity contribution < 1.29 is 14.7 Å². The number of amides is 1. The summed E-state index contributed by atoms with van der Waals surface area (Å²) in [7, 11) is 1.82. The fourth-order valence-corrected chi connectivity index (χ4v) is 3.21. The van der Waals surface area contributed by atoms with Crippen molar-refractivity contribution in [2.45, 2.75) is 40.0 Å². The number of hydrogen-bond donors (Lipinski definition) is 2. The average Bonchev–Trinajstić information content (AvgIpc) is 2.96. The van der Waals surface area contributed by atoms with Crippen LogP contribution in [0.3, 0.4) is 0 Å². The zero-order valence-electron chi connectivity index (χ0n) is 13.0. The molecule has 0 radical (unpaired) electrons. The third kappa shape index (κ3) is 2.94. The van der Waals surface area contributed by atoms with Gasteiger partial charge in [-0.1, -0.05) is 13.3 Å². The summed E-state index contributed by atoms with van der Waals surface area (Å²) in [4.78, 5) is 23.9. The van der Waals surface area contributed by atoms with Gasteiger partial charge in [0.15, 0.2) is 0 Å². The van der Waals surface area contributed by atoms with Crippen molar-refractivity contribution in [2.75, 3.05) is 5.32 Å². The first-order valence-electron chi connectivity index (χ1n) is 7.39. The van der Waals surface area contributed by atoms with E-state index in [4.69, 9.17) is 0 Å². The highest BCUT2D eigenvalue weighted by atomic mass is 16.4. The summed E-state index contributed by atoms with van der Waals surface area (Å²) in [6.07, 6.45) is 2.16. The second-order valence-electron chi connectivity index (χ2n) is 5.96. The number of aryl methyl sites for hydroxylation is 2. The Balaban J connectivity index is 2.17. The third-order valence-corrected chi connectivity index (χ3v) is 4.65. The van der Waals surface area contributed by atoms with Crippen LogP contribution in [0.5, 0.6) is 0 Å². The van der Waals surface area contributed by atoms with E-state index in [2.05, 4.69) is 10.4 Å². The fourth-order valence-electron chi connectivity index (χ4n) is 3.21. The molecule has 3 atom stereocenters. The largest absolute Gasteiger partial charge is 0.481 e. The van der Waals surface area contributed by atoms with Crippen molar-refractivity contribution in [1.82, 2.24) is 9.78 Å². The van der Waals surface area contributed by atoms with E-state index in [1.807, 2.05) is 27.8 Å². The number of anilines is 1. The zero-order valence-corrected chi connectivity index (χ0v) is 13.0. The van der Waals surface area contributed by atoms with Crippen molar-refractivity contribution in [3.05, 3.63) is 11.4 Å². The maximum absolute atomic E-state index is 12.5. The van der Waals surface area contributed by atoms with E-state index in [1.165, 1.54) is 0 Å². The Bertz CT molecular complexity index is 565. The predicted octanol–water partition coefficient (Wildman–Crippen LogP) is 2.11. The van der Waals surface area contributed by atoms with E-state index in [0.29, 0.717) is 24.4 Å². The van der Waals surface area contributed by atoms with Gasteiger partial charge in [0.2, 0.25) is 5.91 Å². The highest BCUT2D eigenvalue weighted by molar-refractivity contribution is 5.96. The molecule has 0 spiro atoms. The first kappa shape index (κ1) is 15.5. The molecule has 1 fully saturated rings. The van der Waals surface area contributed by atoms with E-state index in [-0.39, 0.29) is 5.91 Å². The Morgan fingerprint density at radius 3 is 2.43 bits per heavy atom. The van der Waals surface area contributed by atoms with Gasteiger partial charge in [0.1, 0.15) is 0 Å². The molecular formula is C15H23N3O3. The number of hydrogen-bond acceptors (Lipinski definition) is 3. The van der Waals surface area contributed by atoms with E-state index in [9.17, 15) is 14.7 Å². The zero-order chi connectivity index (χ0) is 15.7. The Kier molecular flexibility index (Phi) is 4.34. The monoisotopic (exact) mass is 293 g/mol. The molecule has 6 nitrogen and oxygen atoms in total. The lowest BCUT2D eigenvalue weighted by molar-refractivity contribution is -0.145. The van der Waals surface area contributed by atoms with Gasteiger partial charge in [0, 0.05) is 7.05 Å². The molecule has 1 aliphatic carbocycles. The van der Waals surface area contributed by atoms with Gasteiger partial charge in [-0.2, -0.15) is 5.10 Å². The normalized spacial score (nSPS) is 25.0. The van der Waals surface area contributed by atoms with Crippen molar-refractivity contribution in [2.24, 2.45) is 24.8 Å². The molecule has 1 aliphatic rings. The van der Waals surface area contributed by atoms with Gasteiger partial charge in [-0.25, -0.2) is 0 Å². The molecule has 21 heavy (non-hydrogen) atoms. The standard InChI is InChI=1S/C15H23N3O3/c1-5-10-6-11(12(7-10)15(20)21)14(19)16-13-8(2)17-18(4)9(13)3/h10-12H,5-7H2,1-4H3,(H,16,19)(H,20,21). The highest BCUT2D eigenvalue weighted by Crippen LogP contribution is 2.39. The van der Waals surface area contributed by atoms with Gasteiger partial charge >= 0.3 is 5.97 Å². The molecule has 1 aromatic rings. The van der Waals surface area contributed by atoms with Crippen LogP contribution in [0.1, 0.15) is 37.6 Å². The van der Waals surface area contributed by atoms with Gasteiger partial charge in [0.05, 0.1) is 28.9 Å². The summed E-state index contributed by atoms with van der Waals surface area (Å²) in [5, 5.41) is 16.5. The number of carbonyl (C=O) groups excluding carboxylic acids is 1. The number of nitrogens with one attached hydrogen (secondary N) is 1. The summed E-state index contributed by atoms with van der Waals surface area (Å²) in [5.41, 5.74) is 2.32. The Labute approximate surface area is 124 Å². The van der Waals surface area contributed by atoms with Crippen LogP contribution in [0.15, 0.2) is 0 Å². The summed E-state index contributed by atoms with van der Waals surface area (Å²) in [6.45, 7) is 5.76. The predicted molar refractivity (Wildman–Crippen MR) is 78.9 cm³/mol. The number of aliphatic carboxylic acids is 1. The van der Waals surface area contributed by atoms with Crippen molar-refractivity contribution in [3.8, 4) is 0 Å². The number of nitrogens with zero attached hydrogens (tertiary/aromatic N) is 2. The topological polar surface area (TPSA) is 84.2 Å². The Morgan fingerprint density at radius 2 is 1.95 bits per heavy atom. The van der Waals surface area contributed by atoms with Gasteiger partial charge in [-0.05, 0) is 32.6 Å². The second-order valence-corrected chi connectivity index (χ2v) is 5.96. The number of rotatable bonds is 4. The molecule has 2 N–H and O–H groups in total. The minimum absolute atomic E-state index is 0.197. The second kappa shape index (κ2) is 5.87. The molecule has 0 aromatic carbocycles. The van der Waals surface area contributed by atoms with Crippen molar-refractivity contribution in [1.29, 1.82) is 0 Å². The summed E-state index contributed by atoms with van der Waals surface area (Å²) in [6, 6.07) is 0. The summed E-state index contributed by atoms with van der Waals surface area (Å²) in [5.74, 6) is -1.78. The Hall–Kier alpha value is -1.85. The van der Waals surface area contributed by atoms with E-state index in [1.54, 1.807) is 4.68 Å². The molecule has 1 heterocycles. The lowest BCUT2D eigenvalue weighted by Gasteiger charge is -2.15. The molecule has 116 valence electrons. The summed E-state index contributed by atoms with van der Waals surface area (Å²) < 4.78 is 1.71. The van der Waals surface area contributed by atoms with Crippen LogP contribution in [0.2, 0.25) is 0 Å². The maximum Gasteiger partial charge on any atom is 0.307 e. The first-order valence-corrected chi connectivity index (χ1v) is 7.39. The maximum atomic E-state index is 12.5. The Morgan fingerprint density at radius 1 is 1.33 bits per heavy atom. The minimum Gasteiger partial charge on any atom is -0.481 e. The van der Waals surface area contributed by atoms with Crippen LogP contribution in [0.25, 0.3) is 0 Å². The van der Waals surface area contributed by atoms with E-state index < -0.39 is 17.8 Å². The van der Waals surface area contributed by atoms with Gasteiger partial charge in [-0.3, -0.25) is 14.3 Å². The lowest BCUT2D eigenvalue weighted by Crippen LogP contribution is -2.30. The van der Waals surface area contributed by atoms with Crippen molar-refractivity contribution in [3.63, 3.8) is 0 Å². The molecule has 0 saturated heterocycles. The van der Waals surface area contributed by atoms with Crippen LogP contribution in [-0.2, 0) is 16.6 Å². The van der Waals surface area contributed by atoms with Crippen molar-refractivity contribution >= 4 is 17.6 Å². The quantitative estimate of drug-likeness (QED) is 0.890. The molecule has 2 rings (SSSR count). The third-order valence-electron chi connectivity index (χ3n) is 4.65. The van der Waals surface area contributed by atoms with E-state index in [0.717, 1.165) is 17.8 Å². The molecule has 6 heteroatoms. The number of carbonyl (C=O) groups is 2. The first-order chi connectivity index (χ1) is 9.85. The van der Waals surface area contributed by atoms with Crippen LogP contribution >= 0.6 is 0 Å². The molecule has 1 saturated carbocycles. The number of aromatic nitrogens is 2. The number of carboxylic acid groups (broad SMARTS) is 1. The van der Waals surface area contributed by atoms with Crippen LogP contribution in [-0.4, -0.2) is 26.8 Å². The molecule has 0 bridgehead atoms. The smallest absolute Gasteiger partial charge is 0.307 e. The van der Waals surface area contributed by atoms with Gasteiger partial charge in [0.25, 0.3) is 0 Å². The summed E-state index contributed by atoms with van der Waals surface area (Å²) >= 11 is 0. The van der Waals surface area contributed by atoms with Crippen LogP contribution in [0.4, 0.5) is 5.69 Å². The lowest BCUT2D eigenvalue weighted by atomic mass is 9.95. The van der Waals surface area contributed by atoms with Gasteiger partial charge < -0.3 is 10.4 Å². The molecule has 0 aliphatic heterocycles. The molecule has 3 unspecified atom stereocenters. The molecule has 1 amide bonds. The van der Waals surface area contributed by atoms with Crippen LogP contribution < -0.4 is 5.32 Å². The minimum atomic E-state index is -0.870. The van der Waals surface area contributed by atoms with E-state index >= 15 is 0 Å². The SMILES string of the molecule is CCC1CC(C(=O)O)C(C(=O)Nc2c(C)nn(C)c2C)C1. The van der Waals surface area contributed by atoms with Gasteiger partial charge in [-0.15, -0.1) is 0 Å². The number of carboxylic acids is 1. The van der Waals surface area contributed by atoms with Crippen LogP contribution in [0, 0.1) is 31.6 Å². The molecule has 1 aromatic heterocycles. The average molecular weight is 293 g/mol. The molecular weight excluding hydrogens is 270 g/mol. The highest BCUT2D eigenvalue weighted by Gasteiger charge is 2.42.